The number of anilines is 1. The van der Waals surface area contributed by atoms with Gasteiger partial charge in [0, 0.05) is 30.2 Å². The van der Waals surface area contributed by atoms with Crippen LogP contribution in [-0.4, -0.2) is 46.9 Å². The van der Waals surface area contributed by atoms with Crippen molar-refractivity contribution in [2.45, 2.75) is 18.3 Å². The lowest BCUT2D eigenvalue weighted by atomic mass is 9.74. The van der Waals surface area contributed by atoms with Crippen LogP contribution in [0.5, 0.6) is 0 Å². The summed E-state index contributed by atoms with van der Waals surface area (Å²) < 4.78 is 31.2. The Balaban J connectivity index is 1.76. The van der Waals surface area contributed by atoms with E-state index in [0.717, 1.165) is 29.0 Å². The Hall–Kier alpha value is -1.80. The highest BCUT2D eigenvalue weighted by molar-refractivity contribution is 7.92. The maximum absolute atomic E-state index is 12.8. The van der Waals surface area contributed by atoms with Crippen molar-refractivity contribution in [2.75, 3.05) is 36.9 Å². The Morgan fingerprint density at radius 1 is 1.13 bits per heavy atom. The third-order valence-electron chi connectivity index (χ3n) is 5.33. The Kier molecular flexibility index (Phi) is 7.29. The standard InChI is InChI=1S/C21H24Cl2N2O4S/c1-30(27,28)25(19-8-7-17(22)13-18(19)23)14-20(26)24-15-21(9-11-29-12-10-21)16-5-3-2-4-6-16/h2-8,13H,9-12,14-15H2,1H3,(H,24,26). The van der Waals surface area contributed by atoms with Gasteiger partial charge in [-0.25, -0.2) is 8.42 Å². The van der Waals surface area contributed by atoms with E-state index in [9.17, 15) is 13.2 Å². The van der Waals surface area contributed by atoms with E-state index in [0.29, 0.717) is 24.8 Å². The molecule has 30 heavy (non-hydrogen) atoms. The number of benzene rings is 2. The molecule has 1 fully saturated rings. The van der Waals surface area contributed by atoms with Gasteiger partial charge in [0.15, 0.2) is 0 Å². The number of ether oxygens (including phenoxy) is 1. The first-order valence-electron chi connectivity index (χ1n) is 9.54. The van der Waals surface area contributed by atoms with Crippen molar-refractivity contribution >= 4 is 44.8 Å². The van der Waals surface area contributed by atoms with E-state index >= 15 is 0 Å². The number of hydrogen-bond acceptors (Lipinski definition) is 4. The summed E-state index contributed by atoms with van der Waals surface area (Å²) in [5.41, 5.74) is 1.10. The number of hydrogen-bond donors (Lipinski definition) is 1. The molecule has 0 atom stereocenters. The van der Waals surface area contributed by atoms with Gasteiger partial charge in [0.05, 0.1) is 17.0 Å². The molecule has 2 aromatic carbocycles. The molecule has 1 aliphatic rings. The molecule has 1 N–H and O–H groups in total. The van der Waals surface area contributed by atoms with Gasteiger partial charge in [0.25, 0.3) is 0 Å². The third-order valence-corrected chi connectivity index (χ3v) is 6.99. The molecule has 0 bridgehead atoms. The molecule has 0 spiro atoms. The van der Waals surface area contributed by atoms with Gasteiger partial charge < -0.3 is 10.1 Å². The monoisotopic (exact) mass is 470 g/mol. The Morgan fingerprint density at radius 3 is 2.40 bits per heavy atom. The number of amides is 1. The molecule has 162 valence electrons. The van der Waals surface area contributed by atoms with Gasteiger partial charge >= 0.3 is 0 Å². The summed E-state index contributed by atoms with van der Waals surface area (Å²) in [6.07, 6.45) is 2.58. The second-order valence-electron chi connectivity index (χ2n) is 7.40. The number of nitrogens with one attached hydrogen (secondary N) is 1. The van der Waals surface area contributed by atoms with Gasteiger partial charge in [0.2, 0.25) is 15.9 Å². The Morgan fingerprint density at radius 2 is 1.80 bits per heavy atom. The SMILES string of the molecule is CS(=O)(=O)N(CC(=O)NCC1(c2ccccc2)CCOCC1)c1ccc(Cl)cc1Cl. The van der Waals surface area contributed by atoms with E-state index in [1.54, 1.807) is 0 Å². The summed E-state index contributed by atoms with van der Waals surface area (Å²) in [5.74, 6) is -0.409. The molecule has 2 aromatic rings. The zero-order chi connectivity index (χ0) is 21.8. The number of carbonyl (C=O) groups excluding carboxylic acids is 1. The molecular formula is C21H24Cl2N2O4S. The summed E-state index contributed by atoms with van der Waals surface area (Å²) in [5, 5.41) is 3.46. The maximum atomic E-state index is 12.8. The summed E-state index contributed by atoms with van der Waals surface area (Å²) >= 11 is 12.1. The van der Waals surface area contributed by atoms with Crippen molar-refractivity contribution < 1.29 is 17.9 Å². The number of nitrogens with zero attached hydrogens (tertiary/aromatic N) is 1. The van der Waals surface area contributed by atoms with E-state index in [-0.39, 0.29) is 22.7 Å². The average Bonchev–Trinajstić information content (AvgIpc) is 2.72. The molecule has 1 saturated heterocycles. The van der Waals surface area contributed by atoms with Crippen LogP contribution in [0.4, 0.5) is 5.69 Å². The van der Waals surface area contributed by atoms with Crippen LogP contribution in [0.25, 0.3) is 0 Å². The molecule has 0 unspecified atom stereocenters. The first-order valence-corrected chi connectivity index (χ1v) is 12.1. The Labute approximate surface area is 187 Å². The van der Waals surface area contributed by atoms with Crippen LogP contribution in [-0.2, 0) is 25.0 Å². The number of sulfonamides is 1. The molecule has 9 heteroatoms. The van der Waals surface area contributed by atoms with Gasteiger partial charge in [-0.05, 0) is 36.6 Å². The van der Waals surface area contributed by atoms with Crippen LogP contribution in [0.2, 0.25) is 10.0 Å². The fourth-order valence-corrected chi connectivity index (χ4v) is 5.07. The van der Waals surface area contributed by atoms with Gasteiger partial charge in [-0.3, -0.25) is 9.10 Å². The van der Waals surface area contributed by atoms with E-state index in [1.807, 2.05) is 30.3 Å². The van der Waals surface area contributed by atoms with Crippen molar-refractivity contribution in [3.63, 3.8) is 0 Å². The number of rotatable bonds is 7. The lowest BCUT2D eigenvalue weighted by Crippen LogP contribution is -2.47. The molecule has 1 aliphatic heterocycles. The fraction of sp³-hybridized carbons (Fsp3) is 0.381. The zero-order valence-electron chi connectivity index (χ0n) is 16.6. The first-order chi connectivity index (χ1) is 14.2. The minimum Gasteiger partial charge on any atom is -0.381 e. The van der Waals surface area contributed by atoms with Gasteiger partial charge in [-0.15, -0.1) is 0 Å². The predicted octanol–water partition coefficient (Wildman–Crippen LogP) is 3.62. The van der Waals surface area contributed by atoms with Crippen molar-refractivity contribution in [3.05, 3.63) is 64.1 Å². The molecule has 6 nitrogen and oxygen atoms in total. The average molecular weight is 471 g/mol. The van der Waals surface area contributed by atoms with Crippen LogP contribution >= 0.6 is 23.2 Å². The summed E-state index contributed by atoms with van der Waals surface area (Å²) in [4.78, 5) is 12.8. The van der Waals surface area contributed by atoms with Gasteiger partial charge in [-0.2, -0.15) is 0 Å². The second kappa shape index (κ2) is 9.56. The maximum Gasteiger partial charge on any atom is 0.240 e. The predicted molar refractivity (Wildman–Crippen MR) is 120 cm³/mol. The molecular weight excluding hydrogens is 447 g/mol. The second-order valence-corrected chi connectivity index (χ2v) is 10.2. The first kappa shape index (κ1) is 22.9. The highest BCUT2D eigenvalue weighted by Crippen LogP contribution is 2.34. The van der Waals surface area contributed by atoms with Crippen molar-refractivity contribution in [1.82, 2.24) is 5.32 Å². The smallest absolute Gasteiger partial charge is 0.240 e. The quantitative estimate of drug-likeness (QED) is 0.670. The van der Waals surface area contributed by atoms with Crippen LogP contribution in [0, 0.1) is 0 Å². The molecule has 0 aromatic heterocycles. The Bertz CT molecular complexity index is 993. The van der Waals surface area contributed by atoms with E-state index in [4.69, 9.17) is 27.9 Å². The van der Waals surface area contributed by atoms with Crippen molar-refractivity contribution in [2.24, 2.45) is 0 Å². The van der Waals surface area contributed by atoms with E-state index < -0.39 is 15.9 Å². The zero-order valence-corrected chi connectivity index (χ0v) is 18.9. The highest BCUT2D eigenvalue weighted by Gasteiger charge is 2.35. The largest absolute Gasteiger partial charge is 0.381 e. The minimum atomic E-state index is -3.73. The van der Waals surface area contributed by atoms with Crippen LogP contribution in [0.3, 0.4) is 0 Å². The summed E-state index contributed by atoms with van der Waals surface area (Å²) in [7, 11) is -3.73. The molecule has 1 heterocycles. The van der Waals surface area contributed by atoms with E-state index in [2.05, 4.69) is 5.32 Å². The van der Waals surface area contributed by atoms with Gasteiger partial charge in [-0.1, -0.05) is 53.5 Å². The van der Waals surface area contributed by atoms with Crippen LogP contribution in [0.15, 0.2) is 48.5 Å². The number of halogens is 2. The molecule has 3 rings (SSSR count). The van der Waals surface area contributed by atoms with Crippen LogP contribution < -0.4 is 9.62 Å². The minimum absolute atomic E-state index is 0.158. The van der Waals surface area contributed by atoms with Crippen LogP contribution in [0.1, 0.15) is 18.4 Å². The molecule has 0 aliphatic carbocycles. The summed E-state index contributed by atoms with van der Waals surface area (Å²) in [6.45, 7) is 1.24. The third kappa shape index (κ3) is 5.46. The summed E-state index contributed by atoms with van der Waals surface area (Å²) in [6, 6.07) is 14.5. The van der Waals surface area contributed by atoms with Crippen molar-refractivity contribution in [1.29, 1.82) is 0 Å². The fourth-order valence-electron chi connectivity index (χ4n) is 3.64. The topological polar surface area (TPSA) is 75.7 Å². The molecule has 0 saturated carbocycles. The lowest BCUT2D eigenvalue weighted by molar-refractivity contribution is -0.120. The highest BCUT2D eigenvalue weighted by atomic mass is 35.5. The molecule has 1 amide bonds. The normalized spacial score (nSPS) is 16.1. The molecule has 0 radical (unpaired) electrons. The lowest BCUT2D eigenvalue weighted by Gasteiger charge is -2.38. The van der Waals surface area contributed by atoms with Crippen molar-refractivity contribution in [3.8, 4) is 0 Å². The van der Waals surface area contributed by atoms with Gasteiger partial charge in [0.1, 0.15) is 6.54 Å². The number of carbonyl (C=O) groups is 1. The van der Waals surface area contributed by atoms with E-state index in [1.165, 1.54) is 18.2 Å².